The number of hydrogen-bond acceptors (Lipinski definition) is 3. The van der Waals surface area contributed by atoms with Crippen molar-refractivity contribution in [3.05, 3.63) is 63.4 Å². The molecule has 7 heteroatoms. The minimum Gasteiger partial charge on any atom is -0.452 e. The molecule has 4 nitrogen and oxygen atoms in total. The van der Waals surface area contributed by atoms with E-state index in [9.17, 15) is 14.0 Å². The van der Waals surface area contributed by atoms with Gasteiger partial charge in [0.25, 0.3) is 5.91 Å². The number of carbonyl (C=O) groups excluding carboxylic acids is 2. The first kappa shape index (κ1) is 17.2. The van der Waals surface area contributed by atoms with Crippen molar-refractivity contribution in [2.75, 3.05) is 11.9 Å². The van der Waals surface area contributed by atoms with Gasteiger partial charge in [-0.15, -0.1) is 0 Å². The van der Waals surface area contributed by atoms with Crippen LogP contribution in [0.3, 0.4) is 0 Å². The number of carbonyl (C=O) groups is 2. The first-order chi connectivity index (χ1) is 10.9. The van der Waals surface area contributed by atoms with Gasteiger partial charge in [-0.05, 0) is 42.8 Å². The lowest BCUT2D eigenvalue weighted by Crippen LogP contribution is -2.21. The second-order valence-corrected chi connectivity index (χ2v) is 5.53. The normalized spacial score (nSPS) is 10.3. The molecule has 0 heterocycles. The smallest absolute Gasteiger partial charge is 0.338 e. The molecular formula is C16H12Cl2FNO3. The van der Waals surface area contributed by atoms with Crippen LogP contribution >= 0.6 is 23.2 Å². The first-order valence-electron chi connectivity index (χ1n) is 6.55. The molecule has 0 bridgehead atoms. The Morgan fingerprint density at radius 2 is 1.87 bits per heavy atom. The first-order valence-corrected chi connectivity index (χ1v) is 7.30. The largest absolute Gasteiger partial charge is 0.452 e. The van der Waals surface area contributed by atoms with Crippen molar-refractivity contribution in [2.24, 2.45) is 0 Å². The summed E-state index contributed by atoms with van der Waals surface area (Å²) in [6, 6.07) is 8.51. The van der Waals surface area contributed by atoms with E-state index in [1.165, 1.54) is 30.3 Å². The number of ether oxygens (including phenoxy) is 1. The van der Waals surface area contributed by atoms with Gasteiger partial charge in [-0.1, -0.05) is 29.3 Å². The number of hydrogen-bond donors (Lipinski definition) is 1. The molecule has 0 atom stereocenters. The summed E-state index contributed by atoms with van der Waals surface area (Å²) in [5, 5.41) is 2.95. The Morgan fingerprint density at radius 1 is 1.13 bits per heavy atom. The van der Waals surface area contributed by atoms with E-state index in [1.807, 2.05) is 0 Å². The molecule has 0 saturated heterocycles. The third kappa shape index (κ3) is 4.68. The molecule has 2 rings (SSSR count). The lowest BCUT2D eigenvalue weighted by molar-refractivity contribution is -0.119. The highest BCUT2D eigenvalue weighted by Gasteiger charge is 2.12. The van der Waals surface area contributed by atoms with Crippen molar-refractivity contribution in [1.82, 2.24) is 0 Å². The van der Waals surface area contributed by atoms with Gasteiger partial charge in [-0.25, -0.2) is 9.18 Å². The van der Waals surface area contributed by atoms with Gasteiger partial charge in [0.2, 0.25) is 0 Å². The topological polar surface area (TPSA) is 55.4 Å². The SMILES string of the molecule is Cc1ccc(NC(=O)COC(=O)c2ccc(Cl)c(Cl)c2)cc1F. The molecule has 0 saturated carbocycles. The summed E-state index contributed by atoms with van der Waals surface area (Å²) in [5.74, 6) is -1.73. The maximum absolute atomic E-state index is 13.4. The van der Waals surface area contributed by atoms with E-state index in [1.54, 1.807) is 13.0 Å². The Morgan fingerprint density at radius 3 is 2.52 bits per heavy atom. The maximum Gasteiger partial charge on any atom is 0.338 e. The monoisotopic (exact) mass is 355 g/mol. The summed E-state index contributed by atoms with van der Waals surface area (Å²) < 4.78 is 18.2. The van der Waals surface area contributed by atoms with Crippen LogP contribution in [0.5, 0.6) is 0 Å². The molecule has 1 N–H and O–H groups in total. The van der Waals surface area contributed by atoms with Crippen LogP contribution in [0.25, 0.3) is 0 Å². The van der Waals surface area contributed by atoms with Crippen LogP contribution < -0.4 is 5.32 Å². The van der Waals surface area contributed by atoms with Crippen LogP contribution in [0.4, 0.5) is 10.1 Å². The molecule has 0 unspecified atom stereocenters. The van der Waals surface area contributed by atoms with E-state index in [-0.39, 0.29) is 16.3 Å². The zero-order valence-electron chi connectivity index (χ0n) is 12.0. The Bertz CT molecular complexity index is 765. The zero-order valence-corrected chi connectivity index (χ0v) is 13.5. The molecule has 2 aromatic rings. The van der Waals surface area contributed by atoms with E-state index in [4.69, 9.17) is 27.9 Å². The number of rotatable bonds is 4. The van der Waals surface area contributed by atoms with Crippen molar-refractivity contribution in [3.63, 3.8) is 0 Å². The van der Waals surface area contributed by atoms with Crippen LogP contribution in [-0.2, 0) is 9.53 Å². The fourth-order valence-corrected chi connectivity index (χ4v) is 2.00. The third-order valence-corrected chi connectivity index (χ3v) is 3.68. The number of amides is 1. The predicted molar refractivity (Wildman–Crippen MR) is 86.5 cm³/mol. The Hall–Kier alpha value is -2.11. The van der Waals surface area contributed by atoms with Crippen LogP contribution in [0.2, 0.25) is 10.0 Å². The molecular weight excluding hydrogens is 344 g/mol. The number of esters is 1. The van der Waals surface area contributed by atoms with Crippen LogP contribution in [-0.4, -0.2) is 18.5 Å². The lowest BCUT2D eigenvalue weighted by Gasteiger charge is -2.08. The molecule has 0 aliphatic rings. The molecule has 0 radical (unpaired) electrons. The fourth-order valence-electron chi connectivity index (χ4n) is 1.71. The molecule has 0 aliphatic heterocycles. The fraction of sp³-hybridized carbons (Fsp3) is 0.125. The van der Waals surface area contributed by atoms with Gasteiger partial charge in [0, 0.05) is 5.69 Å². The highest BCUT2D eigenvalue weighted by atomic mass is 35.5. The molecule has 0 spiro atoms. The third-order valence-electron chi connectivity index (χ3n) is 2.95. The van der Waals surface area contributed by atoms with Gasteiger partial charge >= 0.3 is 5.97 Å². The van der Waals surface area contributed by atoms with E-state index in [0.29, 0.717) is 10.6 Å². The van der Waals surface area contributed by atoms with Gasteiger partial charge in [0.1, 0.15) is 5.82 Å². The predicted octanol–water partition coefficient (Wildman–Crippen LogP) is 4.24. The highest BCUT2D eigenvalue weighted by Crippen LogP contribution is 2.23. The van der Waals surface area contributed by atoms with E-state index < -0.39 is 24.3 Å². The van der Waals surface area contributed by atoms with Crippen molar-refractivity contribution >= 4 is 40.8 Å². The summed E-state index contributed by atoms with van der Waals surface area (Å²) in [7, 11) is 0. The van der Waals surface area contributed by atoms with Crippen molar-refractivity contribution < 1.29 is 18.7 Å². The number of anilines is 1. The molecule has 2 aromatic carbocycles. The number of nitrogens with one attached hydrogen (secondary N) is 1. The van der Waals surface area contributed by atoms with E-state index in [0.717, 1.165) is 0 Å². The molecule has 0 aromatic heterocycles. The summed E-state index contributed by atoms with van der Waals surface area (Å²) in [6.45, 7) is 1.11. The second kappa shape index (κ2) is 7.44. The molecule has 0 fully saturated rings. The lowest BCUT2D eigenvalue weighted by atomic mass is 10.2. The van der Waals surface area contributed by atoms with Gasteiger partial charge in [-0.3, -0.25) is 4.79 Å². The average molecular weight is 356 g/mol. The number of aryl methyl sites for hydroxylation is 1. The highest BCUT2D eigenvalue weighted by molar-refractivity contribution is 6.42. The maximum atomic E-state index is 13.4. The molecule has 0 aliphatic carbocycles. The van der Waals surface area contributed by atoms with Crippen molar-refractivity contribution in [2.45, 2.75) is 6.92 Å². The van der Waals surface area contributed by atoms with Gasteiger partial charge < -0.3 is 10.1 Å². The second-order valence-electron chi connectivity index (χ2n) is 4.72. The minimum atomic E-state index is -0.714. The van der Waals surface area contributed by atoms with Gasteiger partial charge in [0.15, 0.2) is 6.61 Å². The minimum absolute atomic E-state index is 0.175. The Balaban J connectivity index is 1.91. The van der Waals surface area contributed by atoms with Crippen molar-refractivity contribution in [3.8, 4) is 0 Å². The van der Waals surface area contributed by atoms with Gasteiger partial charge in [-0.2, -0.15) is 0 Å². The Labute approximate surface area is 142 Å². The average Bonchev–Trinajstić information content (AvgIpc) is 2.51. The van der Waals surface area contributed by atoms with Crippen LogP contribution in [0, 0.1) is 12.7 Å². The van der Waals surface area contributed by atoms with Crippen molar-refractivity contribution in [1.29, 1.82) is 0 Å². The Kier molecular flexibility index (Phi) is 5.58. The molecule has 23 heavy (non-hydrogen) atoms. The van der Waals surface area contributed by atoms with E-state index >= 15 is 0 Å². The zero-order chi connectivity index (χ0) is 17.0. The molecule has 1 amide bonds. The summed E-state index contributed by atoms with van der Waals surface area (Å²) in [4.78, 5) is 23.5. The van der Waals surface area contributed by atoms with E-state index in [2.05, 4.69) is 5.32 Å². The van der Waals surface area contributed by atoms with Gasteiger partial charge in [0.05, 0.1) is 15.6 Å². The quantitative estimate of drug-likeness (QED) is 0.834. The number of halogens is 3. The van der Waals surface area contributed by atoms with Crippen LogP contribution in [0.15, 0.2) is 36.4 Å². The summed E-state index contributed by atoms with van der Waals surface area (Å²) in [6.07, 6.45) is 0. The standard InChI is InChI=1S/C16H12Cl2FNO3/c1-9-2-4-11(7-14(9)19)20-15(21)8-23-16(22)10-3-5-12(17)13(18)6-10/h2-7H,8H2,1H3,(H,20,21). The summed E-state index contributed by atoms with van der Waals surface area (Å²) in [5.41, 5.74) is 0.923. The summed E-state index contributed by atoms with van der Waals surface area (Å²) >= 11 is 11.5. The van der Waals surface area contributed by atoms with Crippen LogP contribution in [0.1, 0.15) is 15.9 Å². The molecule has 120 valence electrons. The number of benzene rings is 2.